The van der Waals surface area contributed by atoms with Gasteiger partial charge >= 0.3 is 0 Å². The molecule has 1 heterocycles. The Kier molecular flexibility index (Phi) is 4.39. The zero-order chi connectivity index (χ0) is 13.8. The molecule has 0 bridgehead atoms. The summed E-state index contributed by atoms with van der Waals surface area (Å²) < 4.78 is 5.58. The van der Waals surface area contributed by atoms with Gasteiger partial charge in [-0.15, -0.1) is 10.2 Å². The summed E-state index contributed by atoms with van der Waals surface area (Å²) in [6.45, 7) is 4.92. The molecule has 1 aromatic carbocycles. The molecule has 0 amide bonds. The number of phenols is 1. The molecule has 0 spiro atoms. The average molecular weight is 282 g/mol. The predicted octanol–water partition coefficient (Wildman–Crippen LogP) is 3.16. The number of aromatic nitrogens is 2. The number of halogens is 1. The number of benzene rings is 1. The fraction of sp³-hybridized carbons (Fsp3) is 0.385. The smallest absolute Gasteiger partial charge is 0.249 e. The van der Waals surface area contributed by atoms with E-state index in [0.29, 0.717) is 22.4 Å². The molecule has 0 aliphatic heterocycles. The Morgan fingerprint density at radius 2 is 2.21 bits per heavy atom. The molecule has 5 nitrogen and oxygen atoms in total. The van der Waals surface area contributed by atoms with Crippen LogP contribution in [0.25, 0.3) is 11.5 Å². The second kappa shape index (κ2) is 6.04. The molecule has 0 aliphatic carbocycles. The molecular formula is C13H16ClN3O2. The van der Waals surface area contributed by atoms with Crippen LogP contribution in [-0.4, -0.2) is 21.8 Å². The van der Waals surface area contributed by atoms with Gasteiger partial charge in [0.1, 0.15) is 5.75 Å². The Labute approximate surface area is 116 Å². The Bertz CT molecular complexity index is 557. The van der Waals surface area contributed by atoms with Crippen LogP contribution >= 0.6 is 11.6 Å². The molecule has 2 rings (SSSR count). The van der Waals surface area contributed by atoms with E-state index in [9.17, 15) is 5.11 Å². The summed E-state index contributed by atoms with van der Waals surface area (Å²) in [5.41, 5.74) is 0.531. The number of rotatable bonds is 5. The summed E-state index contributed by atoms with van der Waals surface area (Å²) >= 11 is 6.05. The van der Waals surface area contributed by atoms with Crippen LogP contribution in [0, 0.1) is 0 Å². The molecule has 2 aromatic rings. The minimum atomic E-state index is -0.0164. The van der Waals surface area contributed by atoms with Crippen LogP contribution in [0.5, 0.6) is 5.75 Å². The predicted molar refractivity (Wildman–Crippen MR) is 73.1 cm³/mol. The molecule has 6 heteroatoms. The maximum atomic E-state index is 9.47. The van der Waals surface area contributed by atoms with Crippen molar-refractivity contribution in [1.82, 2.24) is 15.5 Å². The highest BCUT2D eigenvalue weighted by Gasteiger charge is 2.16. The van der Waals surface area contributed by atoms with Crippen LogP contribution in [0.2, 0.25) is 5.02 Å². The lowest BCUT2D eigenvalue weighted by atomic mass is 10.2. The fourth-order valence-corrected chi connectivity index (χ4v) is 1.84. The first kappa shape index (κ1) is 13.8. The highest BCUT2D eigenvalue weighted by molar-refractivity contribution is 6.33. The number of nitrogens with zero attached hydrogens (tertiary/aromatic N) is 2. The number of aromatic hydroxyl groups is 1. The van der Waals surface area contributed by atoms with Crippen molar-refractivity contribution in [2.45, 2.75) is 26.3 Å². The Morgan fingerprint density at radius 3 is 2.95 bits per heavy atom. The van der Waals surface area contributed by atoms with Gasteiger partial charge in [0.2, 0.25) is 11.8 Å². The van der Waals surface area contributed by atoms with Gasteiger partial charge in [-0.05, 0) is 38.1 Å². The molecule has 1 atom stereocenters. The van der Waals surface area contributed by atoms with Crippen LogP contribution < -0.4 is 5.32 Å². The minimum Gasteiger partial charge on any atom is -0.508 e. The quantitative estimate of drug-likeness (QED) is 0.881. The molecular weight excluding hydrogens is 266 g/mol. The third kappa shape index (κ3) is 3.24. The second-order valence-electron chi connectivity index (χ2n) is 4.29. The van der Waals surface area contributed by atoms with Gasteiger partial charge in [0.05, 0.1) is 16.6 Å². The molecule has 1 unspecified atom stereocenters. The van der Waals surface area contributed by atoms with E-state index in [1.165, 1.54) is 12.1 Å². The number of nitrogens with one attached hydrogen (secondary N) is 1. The highest BCUT2D eigenvalue weighted by atomic mass is 35.5. The van der Waals surface area contributed by atoms with Gasteiger partial charge in [-0.25, -0.2) is 0 Å². The van der Waals surface area contributed by atoms with E-state index in [1.54, 1.807) is 6.07 Å². The largest absolute Gasteiger partial charge is 0.508 e. The van der Waals surface area contributed by atoms with Crippen molar-refractivity contribution in [2.24, 2.45) is 0 Å². The van der Waals surface area contributed by atoms with Gasteiger partial charge in [0.25, 0.3) is 0 Å². The van der Waals surface area contributed by atoms with Crippen molar-refractivity contribution in [3.05, 3.63) is 29.1 Å². The number of hydrogen-bond donors (Lipinski definition) is 2. The van der Waals surface area contributed by atoms with Gasteiger partial charge in [0.15, 0.2) is 0 Å². The maximum absolute atomic E-state index is 9.47. The molecule has 0 saturated heterocycles. The van der Waals surface area contributed by atoms with E-state index in [-0.39, 0.29) is 11.8 Å². The second-order valence-corrected chi connectivity index (χ2v) is 4.69. The van der Waals surface area contributed by atoms with E-state index in [4.69, 9.17) is 16.0 Å². The van der Waals surface area contributed by atoms with Crippen LogP contribution in [0.4, 0.5) is 0 Å². The zero-order valence-corrected chi connectivity index (χ0v) is 11.6. The van der Waals surface area contributed by atoms with Crippen molar-refractivity contribution in [3.8, 4) is 17.2 Å². The molecule has 0 aliphatic rings. The van der Waals surface area contributed by atoms with Gasteiger partial charge < -0.3 is 14.8 Å². The Hall–Kier alpha value is -1.59. The summed E-state index contributed by atoms with van der Waals surface area (Å²) in [5, 5.41) is 21.2. The first-order valence-electron chi connectivity index (χ1n) is 6.17. The van der Waals surface area contributed by atoms with Gasteiger partial charge in [-0.2, -0.15) is 0 Å². The summed E-state index contributed by atoms with van der Waals surface area (Å²) in [7, 11) is 0. The molecule has 102 valence electrons. The molecule has 0 saturated carbocycles. The topological polar surface area (TPSA) is 71.2 Å². The molecule has 19 heavy (non-hydrogen) atoms. The average Bonchev–Trinajstić information content (AvgIpc) is 2.88. The van der Waals surface area contributed by atoms with E-state index in [1.807, 2.05) is 6.92 Å². The van der Waals surface area contributed by atoms with Crippen molar-refractivity contribution in [2.75, 3.05) is 6.54 Å². The maximum Gasteiger partial charge on any atom is 0.249 e. The first-order valence-corrected chi connectivity index (χ1v) is 6.55. The van der Waals surface area contributed by atoms with Crippen LogP contribution in [0.1, 0.15) is 32.2 Å². The van der Waals surface area contributed by atoms with Crippen LogP contribution in [0.15, 0.2) is 22.6 Å². The third-order valence-electron chi connectivity index (χ3n) is 2.69. The number of phenolic OH excluding ortho intramolecular Hbond substituents is 1. The Morgan fingerprint density at radius 1 is 1.42 bits per heavy atom. The monoisotopic (exact) mass is 281 g/mol. The number of hydrogen-bond acceptors (Lipinski definition) is 5. The summed E-state index contributed by atoms with van der Waals surface area (Å²) in [4.78, 5) is 0. The van der Waals surface area contributed by atoms with Crippen molar-refractivity contribution in [1.29, 1.82) is 0 Å². The standard InChI is InChI=1S/C13H16ClN3O2/c1-3-6-15-8(2)12-16-17-13(19-12)10-7-9(18)4-5-11(10)14/h4-5,7-8,15,18H,3,6H2,1-2H3. The fourth-order valence-electron chi connectivity index (χ4n) is 1.64. The lowest BCUT2D eigenvalue weighted by Crippen LogP contribution is -2.19. The highest BCUT2D eigenvalue weighted by Crippen LogP contribution is 2.30. The van der Waals surface area contributed by atoms with E-state index in [0.717, 1.165) is 13.0 Å². The lowest BCUT2D eigenvalue weighted by Gasteiger charge is -2.07. The van der Waals surface area contributed by atoms with Gasteiger partial charge in [-0.3, -0.25) is 0 Å². The Balaban J connectivity index is 2.23. The first-order chi connectivity index (χ1) is 9.11. The molecule has 2 N–H and O–H groups in total. The van der Waals surface area contributed by atoms with E-state index < -0.39 is 0 Å². The van der Waals surface area contributed by atoms with Crippen molar-refractivity contribution >= 4 is 11.6 Å². The summed E-state index contributed by atoms with van der Waals surface area (Å²) in [6.07, 6.45) is 1.03. The SMILES string of the molecule is CCCNC(C)c1nnc(-c2cc(O)ccc2Cl)o1. The molecule has 1 aromatic heterocycles. The van der Waals surface area contributed by atoms with E-state index in [2.05, 4.69) is 22.4 Å². The van der Waals surface area contributed by atoms with Crippen molar-refractivity contribution < 1.29 is 9.52 Å². The molecule has 0 fully saturated rings. The van der Waals surface area contributed by atoms with Crippen LogP contribution in [-0.2, 0) is 0 Å². The van der Waals surface area contributed by atoms with Gasteiger partial charge in [0, 0.05) is 0 Å². The third-order valence-corrected chi connectivity index (χ3v) is 3.02. The van der Waals surface area contributed by atoms with Crippen molar-refractivity contribution in [3.63, 3.8) is 0 Å². The van der Waals surface area contributed by atoms with E-state index >= 15 is 0 Å². The summed E-state index contributed by atoms with van der Waals surface area (Å²) in [5.74, 6) is 0.917. The van der Waals surface area contributed by atoms with Gasteiger partial charge in [-0.1, -0.05) is 18.5 Å². The minimum absolute atomic E-state index is 0.0164. The lowest BCUT2D eigenvalue weighted by molar-refractivity contribution is 0.422. The van der Waals surface area contributed by atoms with Crippen LogP contribution in [0.3, 0.4) is 0 Å². The molecule has 0 radical (unpaired) electrons. The summed E-state index contributed by atoms with van der Waals surface area (Å²) in [6, 6.07) is 4.59. The normalized spacial score (nSPS) is 12.6. The zero-order valence-electron chi connectivity index (χ0n) is 10.9.